The molecule has 0 radical (unpaired) electrons. The van der Waals surface area contributed by atoms with Crippen LogP contribution in [-0.4, -0.2) is 56.6 Å². The lowest BCUT2D eigenvalue weighted by atomic mass is 9.74. The third-order valence-electron chi connectivity index (χ3n) is 6.38. The summed E-state index contributed by atoms with van der Waals surface area (Å²) in [5.74, 6) is 2.61. The smallest absolute Gasteiger partial charge is 0.231 e. The van der Waals surface area contributed by atoms with Crippen molar-refractivity contribution in [1.82, 2.24) is 10.6 Å². The largest absolute Gasteiger partial charge is 0.454 e. The van der Waals surface area contributed by atoms with Crippen LogP contribution < -0.4 is 20.1 Å². The van der Waals surface area contributed by atoms with E-state index in [2.05, 4.69) is 35.9 Å². The van der Waals surface area contributed by atoms with Gasteiger partial charge >= 0.3 is 0 Å². The lowest BCUT2D eigenvalue weighted by molar-refractivity contribution is 0.0530. The molecule has 2 atom stereocenters. The summed E-state index contributed by atoms with van der Waals surface area (Å²) in [6, 6.07) is 6.86. The van der Waals surface area contributed by atoms with Crippen molar-refractivity contribution in [2.45, 2.75) is 55.7 Å². The maximum Gasteiger partial charge on any atom is 0.231 e. The number of rotatable bonds is 6. The predicted molar refractivity (Wildman–Crippen MR) is 118 cm³/mol. The molecule has 6 nitrogen and oxygen atoms in total. The van der Waals surface area contributed by atoms with E-state index >= 15 is 0 Å². The first-order valence-corrected chi connectivity index (χ1v) is 12.1. The highest BCUT2D eigenvalue weighted by Gasteiger charge is 2.36. The van der Waals surface area contributed by atoms with E-state index in [0.29, 0.717) is 12.8 Å². The number of aliphatic imine (C=N–C) groups is 1. The average molecular weight is 420 g/mol. The van der Waals surface area contributed by atoms with Crippen LogP contribution in [0.15, 0.2) is 23.2 Å². The molecule has 0 spiro atoms. The minimum absolute atomic E-state index is 0.0287. The van der Waals surface area contributed by atoms with E-state index < -0.39 is 0 Å². The van der Waals surface area contributed by atoms with Crippen molar-refractivity contribution in [2.75, 3.05) is 39.4 Å². The molecule has 1 aliphatic carbocycles. The number of benzene rings is 1. The van der Waals surface area contributed by atoms with Crippen molar-refractivity contribution in [3.63, 3.8) is 0 Å². The van der Waals surface area contributed by atoms with Gasteiger partial charge in [-0.15, -0.1) is 0 Å². The highest BCUT2D eigenvalue weighted by Crippen LogP contribution is 2.41. The molecule has 2 fully saturated rings. The fourth-order valence-corrected chi connectivity index (χ4v) is 5.35. The topological polar surface area (TPSA) is 64.1 Å². The zero-order valence-corrected chi connectivity index (χ0v) is 18.4. The van der Waals surface area contributed by atoms with Crippen LogP contribution in [0.25, 0.3) is 0 Å². The normalized spacial score (nSPS) is 25.8. The first kappa shape index (κ1) is 20.7. The van der Waals surface area contributed by atoms with Gasteiger partial charge in [-0.1, -0.05) is 6.07 Å². The van der Waals surface area contributed by atoms with E-state index in [-0.39, 0.29) is 5.41 Å². The number of hydrogen-bond acceptors (Lipinski definition) is 5. The number of nitrogens with one attached hydrogen (secondary N) is 2. The summed E-state index contributed by atoms with van der Waals surface area (Å²) in [5.41, 5.74) is 1.24. The predicted octanol–water partition coefficient (Wildman–Crippen LogP) is 3.30. The summed E-state index contributed by atoms with van der Waals surface area (Å²) < 4.78 is 16.8. The van der Waals surface area contributed by atoms with Crippen molar-refractivity contribution in [2.24, 2.45) is 4.99 Å². The van der Waals surface area contributed by atoms with E-state index in [0.717, 1.165) is 61.9 Å². The summed E-state index contributed by atoms with van der Waals surface area (Å²) in [6.45, 7) is 5.57. The molecule has 0 bridgehead atoms. The summed E-state index contributed by atoms with van der Waals surface area (Å²) in [7, 11) is 0. The molecule has 3 aliphatic rings. The Morgan fingerprint density at radius 3 is 2.79 bits per heavy atom. The summed E-state index contributed by atoms with van der Waals surface area (Å²) in [4.78, 5) is 5.05. The van der Waals surface area contributed by atoms with Crippen LogP contribution in [-0.2, 0) is 10.2 Å². The molecule has 0 aromatic heterocycles. The van der Waals surface area contributed by atoms with Crippen LogP contribution >= 0.6 is 11.8 Å². The van der Waals surface area contributed by atoms with Gasteiger partial charge in [-0.2, -0.15) is 11.8 Å². The SMILES string of the molecule is CCNC(=NCC1(c2ccc3c(c2)OCO3)CCOCC1)NC1CCC(SC)C1. The molecule has 4 rings (SSSR count). The van der Waals surface area contributed by atoms with Gasteiger partial charge in [-0.3, -0.25) is 4.99 Å². The quantitative estimate of drug-likeness (QED) is 0.545. The first-order valence-electron chi connectivity index (χ1n) is 10.8. The van der Waals surface area contributed by atoms with E-state index in [4.69, 9.17) is 19.2 Å². The van der Waals surface area contributed by atoms with Crippen molar-refractivity contribution >= 4 is 17.7 Å². The zero-order valence-electron chi connectivity index (χ0n) is 17.5. The molecule has 1 aromatic carbocycles. The third-order valence-corrected chi connectivity index (χ3v) is 7.47. The molecule has 160 valence electrons. The Balaban J connectivity index is 1.51. The Labute approximate surface area is 178 Å². The lowest BCUT2D eigenvalue weighted by Gasteiger charge is -2.37. The summed E-state index contributed by atoms with van der Waals surface area (Å²) in [5, 5.41) is 7.90. The molecule has 1 aromatic rings. The number of ether oxygens (including phenoxy) is 3. The molecule has 2 N–H and O–H groups in total. The van der Waals surface area contributed by atoms with Crippen LogP contribution in [0.2, 0.25) is 0 Å². The molecule has 2 heterocycles. The highest BCUT2D eigenvalue weighted by atomic mass is 32.2. The second-order valence-electron chi connectivity index (χ2n) is 8.17. The second kappa shape index (κ2) is 9.47. The molecule has 7 heteroatoms. The van der Waals surface area contributed by atoms with Crippen LogP contribution in [0.4, 0.5) is 0 Å². The zero-order chi connectivity index (χ0) is 20.1. The van der Waals surface area contributed by atoms with Crippen LogP contribution in [0.1, 0.15) is 44.6 Å². The number of hydrogen-bond donors (Lipinski definition) is 2. The van der Waals surface area contributed by atoms with Gasteiger partial charge in [0, 0.05) is 36.5 Å². The maximum atomic E-state index is 5.69. The standard InChI is InChI=1S/C22H33N3O3S/c1-3-23-21(25-17-5-6-18(13-17)29-2)24-14-22(8-10-26-11-9-22)16-4-7-19-20(12-16)28-15-27-19/h4,7,12,17-18H,3,5-6,8-11,13-15H2,1-2H3,(H2,23,24,25). The van der Waals surface area contributed by atoms with Crippen LogP contribution in [0.5, 0.6) is 11.5 Å². The Bertz CT molecular complexity index is 721. The van der Waals surface area contributed by atoms with Gasteiger partial charge in [0.05, 0.1) is 6.54 Å². The molecule has 1 saturated heterocycles. The van der Waals surface area contributed by atoms with Crippen molar-refractivity contribution in [3.05, 3.63) is 23.8 Å². The van der Waals surface area contributed by atoms with E-state index in [9.17, 15) is 0 Å². The Kier molecular flexibility index (Phi) is 6.75. The molecule has 2 unspecified atom stereocenters. The second-order valence-corrected chi connectivity index (χ2v) is 9.31. The fraction of sp³-hybridized carbons (Fsp3) is 0.682. The minimum atomic E-state index is -0.0287. The van der Waals surface area contributed by atoms with Gasteiger partial charge < -0.3 is 24.8 Å². The van der Waals surface area contributed by atoms with Gasteiger partial charge in [0.1, 0.15) is 0 Å². The maximum absolute atomic E-state index is 5.69. The summed E-state index contributed by atoms with van der Waals surface area (Å²) in [6.07, 6.45) is 7.87. The summed E-state index contributed by atoms with van der Waals surface area (Å²) >= 11 is 1.98. The van der Waals surface area contributed by atoms with Gasteiger partial charge in [0.2, 0.25) is 6.79 Å². The fourth-order valence-electron chi connectivity index (χ4n) is 4.56. The van der Waals surface area contributed by atoms with E-state index in [1.165, 1.54) is 24.8 Å². The van der Waals surface area contributed by atoms with Gasteiger partial charge in [0.25, 0.3) is 0 Å². The average Bonchev–Trinajstić information content (AvgIpc) is 3.41. The van der Waals surface area contributed by atoms with Crippen LogP contribution in [0, 0.1) is 0 Å². The van der Waals surface area contributed by atoms with E-state index in [1.807, 2.05) is 17.8 Å². The van der Waals surface area contributed by atoms with Gasteiger partial charge in [0.15, 0.2) is 17.5 Å². The van der Waals surface area contributed by atoms with Crippen molar-refractivity contribution in [1.29, 1.82) is 0 Å². The molecule has 29 heavy (non-hydrogen) atoms. The van der Waals surface area contributed by atoms with Crippen molar-refractivity contribution < 1.29 is 14.2 Å². The number of thioether (sulfide) groups is 1. The highest BCUT2D eigenvalue weighted by molar-refractivity contribution is 7.99. The number of nitrogens with zero attached hydrogens (tertiary/aromatic N) is 1. The Morgan fingerprint density at radius 1 is 1.21 bits per heavy atom. The molecular weight excluding hydrogens is 386 g/mol. The van der Waals surface area contributed by atoms with Crippen LogP contribution in [0.3, 0.4) is 0 Å². The Hall–Kier alpha value is -1.60. The number of fused-ring (bicyclic) bond motifs is 1. The third kappa shape index (κ3) is 4.77. The molecule has 1 saturated carbocycles. The van der Waals surface area contributed by atoms with Gasteiger partial charge in [-0.05, 0) is 63.0 Å². The lowest BCUT2D eigenvalue weighted by Crippen LogP contribution is -2.44. The molecule has 0 amide bonds. The minimum Gasteiger partial charge on any atom is -0.454 e. The Morgan fingerprint density at radius 2 is 2.03 bits per heavy atom. The first-order chi connectivity index (χ1) is 14.2. The number of guanidine groups is 1. The molecule has 2 aliphatic heterocycles. The van der Waals surface area contributed by atoms with Crippen molar-refractivity contribution in [3.8, 4) is 11.5 Å². The van der Waals surface area contributed by atoms with Gasteiger partial charge in [-0.25, -0.2) is 0 Å². The monoisotopic (exact) mass is 419 g/mol. The molecular formula is C22H33N3O3S. The van der Waals surface area contributed by atoms with E-state index in [1.54, 1.807) is 0 Å².